The summed E-state index contributed by atoms with van der Waals surface area (Å²) in [6.07, 6.45) is 0. The fourth-order valence-electron chi connectivity index (χ4n) is 1.52. The number of phenolic OH excluding ortho intramolecular Hbond substituents is 1. The van der Waals surface area contributed by atoms with Crippen LogP contribution in [0.5, 0.6) is 5.75 Å². The molecule has 1 aromatic heterocycles. The molecule has 1 heterocycles. The maximum atomic E-state index is 12.2. The van der Waals surface area contributed by atoms with E-state index in [0.29, 0.717) is 5.56 Å². The van der Waals surface area contributed by atoms with Gasteiger partial charge in [0, 0.05) is 6.54 Å². The fraction of sp³-hybridized carbons (Fsp3) is 0.167. The number of nitrogens with one attached hydrogen (secondary N) is 1. The Morgan fingerprint density at radius 1 is 1.38 bits per heavy atom. The maximum absolute atomic E-state index is 12.2. The number of sulfonamides is 1. The number of aromatic nitrogens is 1. The van der Waals surface area contributed by atoms with E-state index in [1.165, 1.54) is 17.6 Å². The molecule has 0 radical (unpaired) electrons. The first-order chi connectivity index (χ1) is 9.94. The maximum Gasteiger partial charge on any atom is 0.358 e. The molecule has 0 aliphatic heterocycles. The molecule has 0 fully saturated rings. The van der Waals surface area contributed by atoms with Crippen molar-refractivity contribution in [1.29, 1.82) is 0 Å². The van der Waals surface area contributed by atoms with Crippen LogP contribution in [-0.4, -0.2) is 31.6 Å². The average molecular weight is 328 g/mol. The zero-order chi connectivity index (χ0) is 15.5. The number of nitrogens with zero attached hydrogens (tertiary/aromatic N) is 1. The number of benzene rings is 1. The Balaban J connectivity index is 2.17. The van der Waals surface area contributed by atoms with Gasteiger partial charge < -0.3 is 9.84 Å². The molecule has 1 aromatic carbocycles. The fourth-order valence-corrected chi connectivity index (χ4v) is 3.71. The number of hydrogen-bond donors (Lipinski definition) is 2. The summed E-state index contributed by atoms with van der Waals surface area (Å²) in [5.41, 5.74) is 1.70. The highest BCUT2D eigenvalue weighted by Gasteiger charge is 2.26. The molecular weight excluding hydrogens is 316 g/mol. The van der Waals surface area contributed by atoms with E-state index in [1.807, 2.05) is 0 Å². The number of esters is 1. The normalized spacial score (nSPS) is 11.3. The van der Waals surface area contributed by atoms with Crippen LogP contribution >= 0.6 is 11.3 Å². The van der Waals surface area contributed by atoms with Crippen molar-refractivity contribution in [2.75, 3.05) is 7.11 Å². The van der Waals surface area contributed by atoms with Crippen LogP contribution in [0.1, 0.15) is 16.1 Å². The second-order valence-electron chi connectivity index (χ2n) is 3.97. The molecule has 0 aliphatic carbocycles. The molecule has 2 aromatic rings. The van der Waals surface area contributed by atoms with Gasteiger partial charge in [0.15, 0.2) is 9.90 Å². The van der Waals surface area contributed by atoms with E-state index in [-0.39, 0.29) is 22.2 Å². The van der Waals surface area contributed by atoms with Crippen molar-refractivity contribution in [1.82, 2.24) is 9.71 Å². The van der Waals surface area contributed by atoms with Gasteiger partial charge in [-0.25, -0.2) is 22.9 Å². The highest BCUT2D eigenvalue weighted by Crippen LogP contribution is 2.21. The molecule has 2 rings (SSSR count). The molecule has 0 saturated heterocycles. The van der Waals surface area contributed by atoms with Crippen LogP contribution in [0, 0.1) is 0 Å². The van der Waals surface area contributed by atoms with Crippen LogP contribution in [0.3, 0.4) is 0 Å². The molecule has 2 N–H and O–H groups in total. The van der Waals surface area contributed by atoms with Crippen molar-refractivity contribution < 1.29 is 23.1 Å². The van der Waals surface area contributed by atoms with E-state index in [1.54, 1.807) is 12.1 Å². The van der Waals surface area contributed by atoms with Crippen LogP contribution in [0.4, 0.5) is 0 Å². The van der Waals surface area contributed by atoms with Crippen molar-refractivity contribution in [3.8, 4) is 5.75 Å². The lowest BCUT2D eigenvalue weighted by Gasteiger charge is -2.06. The van der Waals surface area contributed by atoms with Crippen LogP contribution in [0.25, 0.3) is 0 Å². The second-order valence-corrected chi connectivity index (χ2v) is 6.79. The highest BCUT2D eigenvalue weighted by atomic mass is 32.2. The molecule has 0 unspecified atom stereocenters. The molecule has 112 valence electrons. The Labute approximate surface area is 125 Å². The third-order valence-corrected chi connectivity index (χ3v) is 5.33. The Morgan fingerprint density at radius 3 is 2.67 bits per heavy atom. The van der Waals surface area contributed by atoms with Gasteiger partial charge in [0.1, 0.15) is 5.75 Å². The van der Waals surface area contributed by atoms with Crippen molar-refractivity contribution >= 4 is 27.3 Å². The topological polar surface area (TPSA) is 106 Å². The number of hydrogen-bond acceptors (Lipinski definition) is 7. The van der Waals surface area contributed by atoms with Gasteiger partial charge in [-0.1, -0.05) is 12.1 Å². The van der Waals surface area contributed by atoms with Crippen LogP contribution in [0.2, 0.25) is 0 Å². The quantitative estimate of drug-likeness (QED) is 0.797. The monoisotopic (exact) mass is 328 g/mol. The number of carbonyl (C=O) groups is 1. The Bertz CT molecular complexity index is 737. The predicted molar refractivity (Wildman–Crippen MR) is 75.6 cm³/mol. The molecule has 21 heavy (non-hydrogen) atoms. The third-order valence-electron chi connectivity index (χ3n) is 2.56. The van der Waals surface area contributed by atoms with Crippen molar-refractivity contribution in [2.24, 2.45) is 0 Å². The van der Waals surface area contributed by atoms with Gasteiger partial charge in [-0.2, -0.15) is 0 Å². The second kappa shape index (κ2) is 6.20. The lowest BCUT2D eigenvalue weighted by atomic mass is 10.2. The van der Waals surface area contributed by atoms with Gasteiger partial charge in [-0.3, -0.25) is 0 Å². The third kappa shape index (κ3) is 3.57. The van der Waals surface area contributed by atoms with E-state index >= 15 is 0 Å². The van der Waals surface area contributed by atoms with E-state index in [4.69, 9.17) is 5.11 Å². The molecule has 0 spiro atoms. The lowest BCUT2D eigenvalue weighted by Crippen LogP contribution is -2.24. The van der Waals surface area contributed by atoms with E-state index in [2.05, 4.69) is 14.4 Å². The van der Waals surface area contributed by atoms with Crippen LogP contribution in [0.15, 0.2) is 34.0 Å². The van der Waals surface area contributed by atoms with Gasteiger partial charge in [0.2, 0.25) is 0 Å². The highest BCUT2D eigenvalue weighted by molar-refractivity contribution is 7.91. The number of methoxy groups -OCH3 is 1. The van der Waals surface area contributed by atoms with Crippen molar-refractivity contribution in [2.45, 2.75) is 10.8 Å². The Morgan fingerprint density at radius 2 is 2.05 bits per heavy atom. The van der Waals surface area contributed by atoms with E-state index < -0.39 is 16.0 Å². The molecule has 9 heteroatoms. The minimum atomic E-state index is -3.87. The summed E-state index contributed by atoms with van der Waals surface area (Å²) in [6, 6.07) is 6.09. The molecule has 0 amide bonds. The number of ether oxygens (including phenoxy) is 1. The van der Waals surface area contributed by atoms with Gasteiger partial charge in [-0.15, -0.1) is 11.3 Å². The zero-order valence-electron chi connectivity index (χ0n) is 10.9. The Hall–Kier alpha value is -1.97. The number of phenols is 1. The zero-order valence-corrected chi connectivity index (χ0v) is 12.6. The van der Waals surface area contributed by atoms with E-state index in [0.717, 1.165) is 18.4 Å². The summed E-state index contributed by atoms with van der Waals surface area (Å²) in [4.78, 5) is 15.2. The van der Waals surface area contributed by atoms with Crippen LogP contribution < -0.4 is 4.72 Å². The first-order valence-electron chi connectivity index (χ1n) is 5.73. The van der Waals surface area contributed by atoms with Crippen molar-refractivity contribution in [3.05, 3.63) is 41.0 Å². The first kappa shape index (κ1) is 15.4. The number of thiazole rings is 1. The summed E-state index contributed by atoms with van der Waals surface area (Å²) in [5, 5.41) is 9.16. The Kier molecular flexibility index (Phi) is 4.56. The standard InChI is InChI=1S/C12H12N2O5S2/c1-19-11(16)10-12(20-7-13-10)21(17,18)14-6-8-2-4-9(15)5-3-8/h2-5,7,14-15H,6H2,1H3. The van der Waals surface area contributed by atoms with Gasteiger partial charge in [0.05, 0.1) is 12.6 Å². The van der Waals surface area contributed by atoms with Gasteiger partial charge in [-0.05, 0) is 17.7 Å². The van der Waals surface area contributed by atoms with E-state index in [9.17, 15) is 13.2 Å². The molecule has 7 nitrogen and oxygen atoms in total. The molecule has 0 saturated carbocycles. The summed E-state index contributed by atoms with van der Waals surface area (Å²) in [6.45, 7) is 0.0289. The van der Waals surface area contributed by atoms with Crippen LogP contribution in [-0.2, 0) is 21.3 Å². The number of carbonyl (C=O) groups excluding carboxylic acids is 1. The summed E-state index contributed by atoms with van der Waals surface area (Å²) in [5.74, 6) is -0.710. The van der Waals surface area contributed by atoms with Crippen molar-refractivity contribution in [3.63, 3.8) is 0 Å². The summed E-state index contributed by atoms with van der Waals surface area (Å²) < 4.78 is 31.0. The smallest absolute Gasteiger partial charge is 0.358 e. The summed E-state index contributed by atoms with van der Waals surface area (Å²) in [7, 11) is -2.71. The van der Waals surface area contributed by atoms with Gasteiger partial charge >= 0.3 is 5.97 Å². The first-order valence-corrected chi connectivity index (χ1v) is 8.09. The van der Waals surface area contributed by atoms with Gasteiger partial charge in [0.25, 0.3) is 10.0 Å². The molecule has 0 bridgehead atoms. The molecular formula is C12H12N2O5S2. The number of aromatic hydroxyl groups is 1. The number of rotatable bonds is 5. The average Bonchev–Trinajstić information content (AvgIpc) is 2.96. The largest absolute Gasteiger partial charge is 0.508 e. The molecule has 0 atom stereocenters. The SMILES string of the molecule is COC(=O)c1ncsc1S(=O)(=O)NCc1ccc(O)cc1. The minimum absolute atomic E-state index is 0.0289. The minimum Gasteiger partial charge on any atom is -0.508 e. The predicted octanol–water partition coefficient (Wildman–Crippen LogP) is 1.11. The molecule has 0 aliphatic rings. The summed E-state index contributed by atoms with van der Waals surface area (Å²) >= 11 is 0.835. The lowest BCUT2D eigenvalue weighted by molar-refractivity contribution is 0.0590.